The molecule has 1 aliphatic heterocycles. The molecule has 0 aliphatic carbocycles. The molecule has 0 saturated carbocycles. The SMILES string of the molecule is COCCCNC(=O)CN(C)C(=O)CN1CCC(N)CC1. The summed E-state index contributed by atoms with van der Waals surface area (Å²) < 4.78 is 4.90. The molecule has 0 aromatic rings. The lowest BCUT2D eigenvalue weighted by Crippen LogP contribution is -2.46. The zero-order valence-corrected chi connectivity index (χ0v) is 13.1. The molecule has 21 heavy (non-hydrogen) atoms. The average Bonchev–Trinajstić information content (AvgIpc) is 2.46. The molecule has 0 aromatic heterocycles. The van der Waals surface area contributed by atoms with Crippen LogP contribution in [0.25, 0.3) is 0 Å². The summed E-state index contributed by atoms with van der Waals surface area (Å²) in [6.07, 6.45) is 2.63. The third-order valence-corrected chi connectivity index (χ3v) is 3.65. The zero-order valence-electron chi connectivity index (χ0n) is 13.1. The molecule has 0 aromatic carbocycles. The van der Waals surface area contributed by atoms with Gasteiger partial charge in [-0.25, -0.2) is 0 Å². The summed E-state index contributed by atoms with van der Waals surface area (Å²) in [7, 11) is 3.29. The minimum atomic E-state index is -0.136. The van der Waals surface area contributed by atoms with Crippen molar-refractivity contribution in [2.75, 3.05) is 53.5 Å². The van der Waals surface area contributed by atoms with Crippen molar-refractivity contribution in [1.82, 2.24) is 15.1 Å². The van der Waals surface area contributed by atoms with Crippen LogP contribution < -0.4 is 11.1 Å². The van der Waals surface area contributed by atoms with Crippen LogP contribution in [0.15, 0.2) is 0 Å². The van der Waals surface area contributed by atoms with Crippen LogP contribution in [0.5, 0.6) is 0 Å². The Balaban J connectivity index is 2.19. The molecule has 1 saturated heterocycles. The fraction of sp³-hybridized carbons (Fsp3) is 0.857. The van der Waals surface area contributed by atoms with Crippen LogP contribution in [0.1, 0.15) is 19.3 Å². The molecule has 1 fully saturated rings. The fourth-order valence-corrected chi connectivity index (χ4v) is 2.23. The van der Waals surface area contributed by atoms with Crippen molar-refractivity contribution >= 4 is 11.8 Å². The monoisotopic (exact) mass is 300 g/mol. The normalized spacial score (nSPS) is 16.7. The lowest BCUT2D eigenvalue weighted by molar-refractivity contribution is -0.135. The molecule has 1 rings (SSSR count). The van der Waals surface area contributed by atoms with Gasteiger partial charge in [0.2, 0.25) is 11.8 Å². The van der Waals surface area contributed by atoms with Crippen LogP contribution in [0, 0.1) is 0 Å². The number of hydrogen-bond acceptors (Lipinski definition) is 5. The number of nitrogens with one attached hydrogen (secondary N) is 1. The summed E-state index contributed by atoms with van der Waals surface area (Å²) in [6, 6.07) is 0.256. The van der Waals surface area contributed by atoms with Gasteiger partial charge in [0.15, 0.2) is 0 Å². The topological polar surface area (TPSA) is 87.9 Å². The predicted octanol–water partition coefficient (Wildman–Crippen LogP) is -0.979. The molecular formula is C14H28N4O3. The first-order valence-corrected chi connectivity index (χ1v) is 7.50. The highest BCUT2D eigenvalue weighted by atomic mass is 16.5. The van der Waals surface area contributed by atoms with Gasteiger partial charge in [0.1, 0.15) is 0 Å². The maximum Gasteiger partial charge on any atom is 0.239 e. The Morgan fingerprint density at radius 1 is 1.38 bits per heavy atom. The minimum Gasteiger partial charge on any atom is -0.385 e. The van der Waals surface area contributed by atoms with Crippen molar-refractivity contribution in [3.63, 3.8) is 0 Å². The highest BCUT2D eigenvalue weighted by Crippen LogP contribution is 2.07. The number of ether oxygens (including phenoxy) is 1. The van der Waals surface area contributed by atoms with E-state index in [0.29, 0.717) is 19.7 Å². The van der Waals surface area contributed by atoms with Crippen LogP contribution in [-0.2, 0) is 14.3 Å². The van der Waals surface area contributed by atoms with Crippen molar-refractivity contribution < 1.29 is 14.3 Å². The summed E-state index contributed by atoms with van der Waals surface area (Å²) in [6.45, 7) is 3.35. The molecule has 122 valence electrons. The van der Waals surface area contributed by atoms with E-state index >= 15 is 0 Å². The number of carbonyl (C=O) groups is 2. The molecule has 3 N–H and O–H groups in total. The molecule has 0 bridgehead atoms. The zero-order chi connectivity index (χ0) is 15.7. The third kappa shape index (κ3) is 7.40. The van der Waals surface area contributed by atoms with Gasteiger partial charge in [0.25, 0.3) is 0 Å². The van der Waals surface area contributed by atoms with Crippen molar-refractivity contribution in [1.29, 1.82) is 0 Å². The standard InChI is InChI=1S/C14H28N4O3/c1-17(10-13(19)16-6-3-9-21-2)14(20)11-18-7-4-12(15)5-8-18/h12H,3-11,15H2,1-2H3,(H,16,19). The van der Waals surface area contributed by atoms with E-state index in [4.69, 9.17) is 10.5 Å². The van der Waals surface area contributed by atoms with Gasteiger partial charge < -0.3 is 20.7 Å². The molecule has 0 atom stereocenters. The Morgan fingerprint density at radius 3 is 2.67 bits per heavy atom. The number of likely N-dealkylation sites (N-methyl/N-ethyl adjacent to an activating group) is 1. The second-order valence-corrected chi connectivity index (χ2v) is 5.56. The minimum absolute atomic E-state index is 0.0301. The molecule has 2 amide bonds. The van der Waals surface area contributed by atoms with Crippen molar-refractivity contribution in [3.8, 4) is 0 Å². The number of likely N-dealkylation sites (tertiary alicyclic amines) is 1. The largest absolute Gasteiger partial charge is 0.385 e. The fourth-order valence-electron chi connectivity index (χ4n) is 2.23. The van der Waals surface area contributed by atoms with Crippen LogP contribution in [0.3, 0.4) is 0 Å². The number of rotatable bonds is 8. The third-order valence-electron chi connectivity index (χ3n) is 3.65. The Hall–Kier alpha value is -1.18. The smallest absolute Gasteiger partial charge is 0.239 e. The van der Waals surface area contributed by atoms with Gasteiger partial charge >= 0.3 is 0 Å². The summed E-state index contributed by atoms with van der Waals surface area (Å²) in [5.74, 6) is -0.167. The number of nitrogens with two attached hydrogens (primary N) is 1. The number of methoxy groups -OCH3 is 1. The number of nitrogens with zero attached hydrogens (tertiary/aromatic N) is 2. The lowest BCUT2D eigenvalue weighted by atomic mass is 10.1. The highest BCUT2D eigenvalue weighted by Gasteiger charge is 2.20. The van der Waals surface area contributed by atoms with Gasteiger partial charge in [0, 0.05) is 46.4 Å². The summed E-state index contributed by atoms with van der Waals surface area (Å²) >= 11 is 0. The number of amides is 2. The van der Waals surface area contributed by atoms with E-state index in [1.54, 1.807) is 14.2 Å². The van der Waals surface area contributed by atoms with E-state index in [1.165, 1.54) is 4.90 Å². The van der Waals surface area contributed by atoms with Crippen LogP contribution in [0.2, 0.25) is 0 Å². The quantitative estimate of drug-likeness (QED) is 0.563. The first-order valence-electron chi connectivity index (χ1n) is 7.50. The van der Waals surface area contributed by atoms with Crippen LogP contribution in [0.4, 0.5) is 0 Å². The Labute approximate surface area is 126 Å². The van der Waals surface area contributed by atoms with Crippen LogP contribution in [-0.4, -0.2) is 81.1 Å². The molecular weight excluding hydrogens is 272 g/mol. The summed E-state index contributed by atoms with van der Waals surface area (Å²) in [5, 5.41) is 2.77. The molecule has 7 nitrogen and oxygen atoms in total. The molecule has 1 heterocycles. The van der Waals surface area contributed by atoms with Gasteiger partial charge in [-0.1, -0.05) is 0 Å². The number of carbonyl (C=O) groups excluding carboxylic acids is 2. The van der Waals surface area contributed by atoms with E-state index in [-0.39, 0.29) is 24.4 Å². The van der Waals surface area contributed by atoms with Gasteiger partial charge in [-0.15, -0.1) is 0 Å². The second kappa shape index (κ2) is 9.70. The van der Waals surface area contributed by atoms with Crippen molar-refractivity contribution in [2.45, 2.75) is 25.3 Å². The van der Waals surface area contributed by atoms with Crippen molar-refractivity contribution in [2.24, 2.45) is 5.73 Å². The predicted molar refractivity (Wildman–Crippen MR) is 80.8 cm³/mol. The van der Waals surface area contributed by atoms with E-state index in [9.17, 15) is 9.59 Å². The maximum absolute atomic E-state index is 12.1. The van der Waals surface area contributed by atoms with Gasteiger partial charge in [-0.05, 0) is 19.3 Å². The first kappa shape index (κ1) is 17.9. The van der Waals surface area contributed by atoms with Crippen molar-refractivity contribution in [3.05, 3.63) is 0 Å². The molecule has 7 heteroatoms. The van der Waals surface area contributed by atoms with E-state index in [1.807, 2.05) is 0 Å². The van der Waals surface area contributed by atoms with E-state index in [0.717, 1.165) is 32.4 Å². The number of hydrogen-bond donors (Lipinski definition) is 2. The van der Waals surface area contributed by atoms with E-state index < -0.39 is 0 Å². The van der Waals surface area contributed by atoms with Gasteiger partial charge in [0.05, 0.1) is 13.1 Å². The van der Waals surface area contributed by atoms with Gasteiger partial charge in [-0.3, -0.25) is 14.5 Å². The molecule has 0 unspecified atom stereocenters. The Kier molecular flexibility index (Phi) is 8.26. The van der Waals surface area contributed by atoms with Gasteiger partial charge in [-0.2, -0.15) is 0 Å². The summed E-state index contributed by atoms with van der Waals surface area (Å²) in [5.41, 5.74) is 5.84. The molecule has 1 aliphatic rings. The molecule has 0 radical (unpaired) electrons. The van der Waals surface area contributed by atoms with E-state index in [2.05, 4.69) is 10.2 Å². The highest BCUT2D eigenvalue weighted by molar-refractivity contribution is 5.85. The molecule has 0 spiro atoms. The lowest BCUT2D eigenvalue weighted by Gasteiger charge is -2.30. The maximum atomic E-state index is 12.1. The Morgan fingerprint density at radius 2 is 2.05 bits per heavy atom. The Bertz CT molecular complexity index is 330. The number of piperidine rings is 1. The van der Waals surface area contributed by atoms with Crippen LogP contribution >= 0.6 is 0 Å². The second-order valence-electron chi connectivity index (χ2n) is 5.56. The summed E-state index contributed by atoms with van der Waals surface area (Å²) in [4.78, 5) is 27.3. The first-order chi connectivity index (χ1) is 10.0. The average molecular weight is 300 g/mol.